The molecule has 1 saturated heterocycles. The summed E-state index contributed by atoms with van der Waals surface area (Å²) in [5, 5.41) is 4.62. The Balaban J connectivity index is 1.89. The normalized spacial score (nSPS) is 20.0. The quantitative estimate of drug-likeness (QED) is 0.329. The van der Waals surface area contributed by atoms with Gasteiger partial charge in [0.25, 0.3) is 5.91 Å². The van der Waals surface area contributed by atoms with Crippen molar-refractivity contribution >= 4 is 47.7 Å². The highest BCUT2D eigenvalue weighted by atomic mass is 16.5. The highest BCUT2D eigenvalue weighted by molar-refractivity contribution is 6.30. The van der Waals surface area contributed by atoms with E-state index in [9.17, 15) is 19.2 Å². The SMILES string of the molecule is CCC1=C(C)C(/C=c2/[nH]/c(=C\c3[nH]c(/C=C4\NC(=O)[C@H](CC)[C@H]4C)c(C)c3CCC(=O)OC)c(CCC(=O)OC)c2C)=NC1=O. The largest absolute Gasteiger partial charge is 0.469 e. The van der Waals surface area contributed by atoms with Crippen LogP contribution in [0.25, 0.3) is 18.2 Å². The number of ether oxygens (including phenoxy) is 2. The summed E-state index contributed by atoms with van der Waals surface area (Å²) in [6.45, 7) is 11.9. The van der Waals surface area contributed by atoms with Gasteiger partial charge >= 0.3 is 11.9 Å². The number of carbonyl (C=O) groups excluding carboxylic acids is 4. The highest BCUT2D eigenvalue weighted by Gasteiger charge is 2.34. The van der Waals surface area contributed by atoms with Crippen LogP contribution in [0.2, 0.25) is 0 Å². The number of aromatic amines is 2. The zero-order valence-electron chi connectivity index (χ0n) is 27.5. The number of nitrogens with zero attached hydrogens (tertiary/aromatic N) is 1. The van der Waals surface area contributed by atoms with Gasteiger partial charge in [0.15, 0.2) is 0 Å². The van der Waals surface area contributed by atoms with Crippen molar-refractivity contribution in [2.75, 3.05) is 14.2 Å². The Morgan fingerprint density at radius 2 is 1.49 bits per heavy atom. The smallest absolute Gasteiger partial charge is 0.305 e. The second kappa shape index (κ2) is 14.1. The molecule has 240 valence electrons. The minimum absolute atomic E-state index is 0.0313. The van der Waals surface area contributed by atoms with Gasteiger partial charge in [0, 0.05) is 58.0 Å². The summed E-state index contributed by atoms with van der Waals surface area (Å²) in [5.74, 6) is -0.815. The van der Waals surface area contributed by atoms with E-state index >= 15 is 0 Å². The lowest BCUT2D eigenvalue weighted by Gasteiger charge is -2.09. The minimum Gasteiger partial charge on any atom is -0.469 e. The van der Waals surface area contributed by atoms with Crippen molar-refractivity contribution in [3.05, 3.63) is 61.2 Å². The van der Waals surface area contributed by atoms with Gasteiger partial charge in [-0.3, -0.25) is 19.2 Å². The van der Waals surface area contributed by atoms with Crippen molar-refractivity contribution in [3.63, 3.8) is 0 Å². The lowest BCUT2D eigenvalue weighted by molar-refractivity contribution is -0.141. The maximum atomic E-state index is 12.5. The van der Waals surface area contributed by atoms with Gasteiger partial charge < -0.3 is 24.8 Å². The molecule has 1 fully saturated rings. The monoisotopic (exact) mass is 616 g/mol. The van der Waals surface area contributed by atoms with Crippen LogP contribution in [0.15, 0.2) is 21.8 Å². The fourth-order valence-corrected chi connectivity index (χ4v) is 6.26. The number of H-pyrrole nitrogens is 2. The van der Waals surface area contributed by atoms with Crippen LogP contribution in [0, 0.1) is 25.7 Å². The number of aliphatic imine (C=N–C) groups is 1. The Morgan fingerprint density at radius 3 is 2.04 bits per heavy atom. The average Bonchev–Trinajstić information content (AvgIpc) is 3.66. The van der Waals surface area contributed by atoms with Gasteiger partial charge in [0.05, 0.1) is 19.9 Å². The number of allylic oxidation sites excluding steroid dienone is 2. The lowest BCUT2D eigenvalue weighted by atomic mass is 9.92. The van der Waals surface area contributed by atoms with E-state index in [0.717, 1.165) is 62.0 Å². The van der Waals surface area contributed by atoms with E-state index in [1.54, 1.807) is 0 Å². The van der Waals surface area contributed by atoms with E-state index in [0.29, 0.717) is 30.5 Å². The van der Waals surface area contributed by atoms with E-state index in [4.69, 9.17) is 9.47 Å². The van der Waals surface area contributed by atoms with E-state index in [1.165, 1.54) is 14.2 Å². The summed E-state index contributed by atoms with van der Waals surface area (Å²) >= 11 is 0. The summed E-state index contributed by atoms with van der Waals surface area (Å²) in [6, 6.07) is 0. The fourth-order valence-electron chi connectivity index (χ4n) is 6.26. The average molecular weight is 617 g/mol. The molecule has 4 heterocycles. The first-order chi connectivity index (χ1) is 21.4. The maximum absolute atomic E-state index is 12.5. The standard InChI is InChI=1S/C35H44N4O6/c1-9-22-18(3)28(38-34(22)42)15-26-20(5)24(11-13-32(40)44-7)30(36-26)17-31-25(12-14-33(41)45-8)21(6)27(37-31)16-29-19(4)23(10-2)35(43)39-29/h15-18,22,36-37H,9-14H2,1-8H3,(H,38,42)/b27-16+,28-15-,31-17-/t18-,22-/m1/s1. The molecule has 2 aliphatic heterocycles. The molecule has 10 heteroatoms. The van der Waals surface area contributed by atoms with E-state index < -0.39 is 0 Å². The first-order valence-corrected chi connectivity index (χ1v) is 15.5. The first kappa shape index (κ1) is 33.4. The topological polar surface area (TPSA) is 143 Å². The third-order valence-corrected chi connectivity index (χ3v) is 9.19. The zero-order chi connectivity index (χ0) is 33.0. The van der Waals surface area contributed by atoms with Crippen molar-refractivity contribution < 1.29 is 28.7 Å². The molecule has 0 bridgehead atoms. The summed E-state index contributed by atoms with van der Waals surface area (Å²) in [5.41, 5.74) is 8.48. The van der Waals surface area contributed by atoms with Gasteiger partial charge in [-0.05, 0) is 92.5 Å². The number of rotatable bonds is 11. The molecule has 0 spiro atoms. The molecule has 2 aromatic heterocycles. The van der Waals surface area contributed by atoms with Crippen LogP contribution in [0.3, 0.4) is 0 Å². The summed E-state index contributed by atoms with van der Waals surface area (Å²) in [6.07, 6.45) is 8.51. The van der Waals surface area contributed by atoms with Crippen LogP contribution < -0.4 is 16.0 Å². The molecule has 0 radical (unpaired) electrons. The molecule has 0 unspecified atom stereocenters. The molecular weight excluding hydrogens is 572 g/mol. The molecule has 10 nitrogen and oxygen atoms in total. The molecule has 4 rings (SSSR count). The van der Waals surface area contributed by atoms with E-state index in [-0.39, 0.29) is 48.4 Å². The lowest BCUT2D eigenvalue weighted by Crippen LogP contribution is -2.18. The second-order valence-electron chi connectivity index (χ2n) is 11.7. The van der Waals surface area contributed by atoms with E-state index in [2.05, 4.69) is 27.2 Å². The minimum atomic E-state index is -0.314. The van der Waals surface area contributed by atoms with Crippen molar-refractivity contribution in [1.82, 2.24) is 15.3 Å². The third kappa shape index (κ3) is 6.95. The molecule has 2 atom stereocenters. The first-order valence-electron chi connectivity index (χ1n) is 15.5. The number of nitrogens with one attached hydrogen (secondary N) is 3. The number of hydrogen-bond donors (Lipinski definition) is 3. The molecule has 2 amide bonds. The van der Waals surface area contributed by atoms with Gasteiger partial charge in [0.2, 0.25) is 5.91 Å². The molecule has 0 aromatic carbocycles. The Labute approximate surface area is 263 Å². The molecule has 0 saturated carbocycles. The predicted molar refractivity (Wildman–Crippen MR) is 174 cm³/mol. The maximum Gasteiger partial charge on any atom is 0.305 e. The Kier molecular flexibility index (Phi) is 10.5. The Morgan fingerprint density at radius 1 is 0.844 bits per heavy atom. The summed E-state index contributed by atoms with van der Waals surface area (Å²) in [7, 11) is 2.75. The third-order valence-electron chi connectivity index (χ3n) is 9.19. The Hall–Kier alpha value is -4.47. The Bertz CT molecular complexity index is 1750. The van der Waals surface area contributed by atoms with Gasteiger partial charge in [-0.1, -0.05) is 20.8 Å². The van der Waals surface area contributed by atoms with Crippen LogP contribution in [-0.4, -0.2) is 53.7 Å². The molecule has 2 aliphatic rings. The van der Waals surface area contributed by atoms with Crippen LogP contribution in [0.4, 0.5) is 0 Å². The molecular formula is C35H44N4O6. The summed E-state index contributed by atoms with van der Waals surface area (Å²) < 4.78 is 9.84. The van der Waals surface area contributed by atoms with Crippen molar-refractivity contribution in [1.29, 1.82) is 0 Å². The number of carbonyl (C=O) groups is 4. The second-order valence-corrected chi connectivity index (χ2v) is 11.7. The molecule has 3 N–H and O–H groups in total. The molecule has 0 aliphatic carbocycles. The fraction of sp³-hybridized carbons (Fsp3) is 0.457. The van der Waals surface area contributed by atoms with Crippen LogP contribution in [0.1, 0.15) is 87.0 Å². The van der Waals surface area contributed by atoms with Crippen LogP contribution >= 0.6 is 0 Å². The number of hydrogen-bond acceptors (Lipinski definition) is 6. The molecule has 2 aromatic rings. The highest BCUT2D eigenvalue weighted by Crippen LogP contribution is 2.31. The number of amides is 2. The van der Waals surface area contributed by atoms with Gasteiger partial charge in [-0.2, -0.15) is 0 Å². The predicted octanol–water partition coefficient (Wildman–Crippen LogP) is 3.62. The zero-order valence-corrected chi connectivity index (χ0v) is 27.5. The number of methoxy groups -OCH3 is 2. The van der Waals surface area contributed by atoms with E-state index in [1.807, 2.05) is 52.8 Å². The van der Waals surface area contributed by atoms with Crippen LogP contribution in [0.5, 0.6) is 0 Å². The summed E-state index contributed by atoms with van der Waals surface area (Å²) in [4.78, 5) is 60.6. The number of aromatic nitrogens is 2. The molecule has 45 heavy (non-hydrogen) atoms. The van der Waals surface area contributed by atoms with Crippen LogP contribution in [-0.2, 0) is 41.5 Å². The van der Waals surface area contributed by atoms with Crippen molar-refractivity contribution in [3.8, 4) is 0 Å². The van der Waals surface area contributed by atoms with Crippen molar-refractivity contribution in [2.45, 2.75) is 80.1 Å². The van der Waals surface area contributed by atoms with Gasteiger partial charge in [-0.25, -0.2) is 4.99 Å². The van der Waals surface area contributed by atoms with Gasteiger partial charge in [-0.15, -0.1) is 0 Å². The van der Waals surface area contributed by atoms with Gasteiger partial charge in [0.1, 0.15) is 0 Å². The van der Waals surface area contributed by atoms with Crippen molar-refractivity contribution in [2.24, 2.45) is 16.8 Å². The number of esters is 2.